The number of rotatable bonds is 4. The molecular formula is C14H24Cl2N2O2. The van der Waals surface area contributed by atoms with Crippen molar-refractivity contribution in [3.05, 3.63) is 23.8 Å². The second-order valence-corrected chi connectivity index (χ2v) is 4.60. The van der Waals surface area contributed by atoms with Crippen molar-refractivity contribution >= 4 is 24.8 Å². The summed E-state index contributed by atoms with van der Waals surface area (Å²) in [7, 11) is 1.66. The summed E-state index contributed by atoms with van der Waals surface area (Å²) >= 11 is 0. The van der Waals surface area contributed by atoms with Gasteiger partial charge in [0.15, 0.2) is 0 Å². The van der Waals surface area contributed by atoms with E-state index < -0.39 is 0 Å². The monoisotopic (exact) mass is 322 g/mol. The fourth-order valence-electron chi connectivity index (χ4n) is 2.68. The van der Waals surface area contributed by atoms with Crippen LogP contribution in [0.25, 0.3) is 0 Å². The molecule has 1 aromatic carbocycles. The first-order chi connectivity index (χ1) is 8.77. The smallest absolute Gasteiger partial charge is 0.127 e. The molecule has 0 aliphatic carbocycles. The number of nitrogens with zero attached hydrogens (tertiary/aromatic N) is 1. The van der Waals surface area contributed by atoms with Gasteiger partial charge in [0.2, 0.25) is 0 Å². The Hall–Kier alpha value is -0.680. The molecule has 1 atom stereocenters. The zero-order valence-corrected chi connectivity index (χ0v) is 13.6. The van der Waals surface area contributed by atoms with E-state index in [1.165, 1.54) is 0 Å². The number of ether oxygens (including phenoxy) is 1. The molecule has 1 heterocycles. The molecule has 6 heteroatoms. The third-order valence-corrected chi connectivity index (χ3v) is 3.58. The lowest BCUT2D eigenvalue weighted by molar-refractivity contribution is 0.164. The molecular weight excluding hydrogens is 299 g/mol. The molecule has 2 N–H and O–H groups in total. The Morgan fingerprint density at radius 3 is 2.50 bits per heavy atom. The highest BCUT2D eigenvalue weighted by Gasteiger charge is 2.25. The fourth-order valence-corrected chi connectivity index (χ4v) is 2.68. The highest BCUT2D eigenvalue weighted by atomic mass is 35.5. The van der Waals surface area contributed by atoms with E-state index in [9.17, 15) is 5.11 Å². The molecule has 1 aliphatic heterocycles. The van der Waals surface area contributed by atoms with Gasteiger partial charge in [-0.2, -0.15) is 0 Å². The van der Waals surface area contributed by atoms with Gasteiger partial charge in [0, 0.05) is 32.2 Å². The molecule has 2 rings (SSSR count). The highest BCUT2D eigenvalue weighted by Crippen LogP contribution is 2.38. The lowest BCUT2D eigenvalue weighted by Gasteiger charge is -2.35. The standard InChI is InChI=1S/C14H22N2O2.2ClH/c1-3-11(16-9-7-15-8-10-16)14-12(17)5-4-6-13(14)18-2;;/h4-6,11,15,17H,3,7-10H2,1-2H3;2*1H/t11-;;/m0../s1. The highest BCUT2D eigenvalue weighted by molar-refractivity contribution is 5.85. The molecule has 1 fully saturated rings. The number of piperazine rings is 1. The maximum absolute atomic E-state index is 10.1. The maximum Gasteiger partial charge on any atom is 0.127 e. The average Bonchev–Trinajstić information content (AvgIpc) is 2.42. The van der Waals surface area contributed by atoms with Gasteiger partial charge in [0.05, 0.1) is 12.7 Å². The van der Waals surface area contributed by atoms with Gasteiger partial charge in [-0.1, -0.05) is 13.0 Å². The molecule has 4 nitrogen and oxygen atoms in total. The van der Waals surface area contributed by atoms with Gasteiger partial charge in [0.25, 0.3) is 0 Å². The van der Waals surface area contributed by atoms with E-state index in [0.29, 0.717) is 5.75 Å². The van der Waals surface area contributed by atoms with E-state index in [1.807, 2.05) is 12.1 Å². The molecule has 0 unspecified atom stereocenters. The summed E-state index contributed by atoms with van der Waals surface area (Å²) in [5, 5.41) is 13.5. The third kappa shape index (κ3) is 4.16. The van der Waals surface area contributed by atoms with Crippen LogP contribution in [-0.4, -0.2) is 43.3 Å². The molecule has 0 radical (unpaired) electrons. The van der Waals surface area contributed by atoms with Crippen molar-refractivity contribution in [1.29, 1.82) is 0 Å². The number of hydrogen-bond donors (Lipinski definition) is 2. The summed E-state index contributed by atoms with van der Waals surface area (Å²) in [6.45, 7) is 6.18. The van der Waals surface area contributed by atoms with Crippen molar-refractivity contribution in [2.45, 2.75) is 19.4 Å². The van der Waals surface area contributed by atoms with Gasteiger partial charge < -0.3 is 15.2 Å². The van der Waals surface area contributed by atoms with Gasteiger partial charge in [0.1, 0.15) is 11.5 Å². The second kappa shape index (κ2) is 9.29. The lowest BCUT2D eigenvalue weighted by atomic mass is 9.99. The molecule has 0 amide bonds. The van der Waals surface area contributed by atoms with Crippen molar-refractivity contribution in [3.63, 3.8) is 0 Å². The summed E-state index contributed by atoms with van der Waals surface area (Å²) in [4.78, 5) is 2.41. The summed E-state index contributed by atoms with van der Waals surface area (Å²) in [6, 6.07) is 5.70. The van der Waals surface area contributed by atoms with Crippen molar-refractivity contribution in [2.75, 3.05) is 33.3 Å². The van der Waals surface area contributed by atoms with Crippen LogP contribution in [-0.2, 0) is 0 Å². The van der Waals surface area contributed by atoms with Crippen LogP contribution < -0.4 is 10.1 Å². The largest absolute Gasteiger partial charge is 0.507 e. The van der Waals surface area contributed by atoms with Crippen LogP contribution in [0.2, 0.25) is 0 Å². The predicted molar refractivity (Wildman–Crippen MR) is 86.6 cm³/mol. The van der Waals surface area contributed by atoms with Crippen LogP contribution in [0.15, 0.2) is 18.2 Å². The summed E-state index contributed by atoms with van der Waals surface area (Å²) in [5.41, 5.74) is 0.921. The molecule has 0 saturated carbocycles. The van der Waals surface area contributed by atoms with Gasteiger partial charge in [-0.25, -0.2) is 0 Å². The number of benzene rings is 1. The minimum absolute atomic E-state index is 0. The summed E-state index contributed by atoms with van der Waals surface area (Å²) in [6.07, 6.45) is 0.966. The molecule has 1 saturated heterocycles. The number of phenols is 1. The number of halogens is 2. The Morgan fingerprint density at radius 2 is 1.95 bits per heavy atom. The van der Waals surface area contributed by atoms with Crippen molar-refractivity contribution in [1.82, 2.24) is 10.2 Å². The van der Waals surface area contributed by atoms with E-state index in [1.54, 1.807) is 13.2 Å². The molecule has 0 spiro atoms. The normalized spacial score (nSPS) is 16.7. The molecule has 20 heavy (non-hydrogen) atoms. The third-order valence-electron chi connectivity index (χ3n) is 3.58. The lowest BCUT2D eigenvalue weighted by Crippen LogP contribution is -2.45. The van der Waals surface area contributed by atoms with Crippen LogP contribution in [0.3, 0.4) is 0 Å². The maximum atomic E-state index is 10.1. The number of phenolic OH excluding ortho intramolecular Hbond substituents is 1. The molecule has 1 aromatic rings. The van der Waals surface area contributed by atoms with Gasteiger partial charge >= 0.3 is 0 Å². The topological polar surface area (TPSA) is 44.7 Å². The van der Waals surface area contributed by atoms with E-state index in [-0.39, 0.29) is 30.9 Å². The minimum Gasteiger partial charge on any atom is -0.507 e. The van der Waals surface area contributed by atoms with Crippen LogP contribution in [0.4, 0.5) is 0 Å². The van der Waals surface area contributed by atoms with Crippen LogP contribution in [0.5, 0.6) is 11.5 Å². The van der Waals surface area contributed by atoms with Crippen molar-refractivity contribution < 1.29 is 9.84 Å². The second-order valence-electron chi connectivity index (χ2n) is 4.60. The van der Waals surface area contributed by atoms with Crippen LogP contribution in [0.1, 0.15) is 24.9 Å². The first-order valence-electron chi connectivity index (χ1n) is 6.58. The minimum atomic E-state index is 0. The summed E-state index contributed by atoms with van der Waals surface area (Å²) < 4.78 is 5.40. The number of methoxy groups -OCH3 is 1. The number of nitrogens with one attached hydrogen (secondary N) is 1. The summed E-state index contributed by atoms with van der Waals surface area (Å²) in [5.74, 6) is 1.11. The van der Waals surface area contributed by atoms with E-state index >= 15 is 0 Å². The Bertz CT molecular complexity index is 399. The van der Waals surface area contributed by atoms with E-state index in [4.69, 9.17) is 4.74 Å². The van der Waals surface area contributed by atoms with Crippen LogP contribution >= 0.6 is 24.8 Å². The molecule has 116 valence electrons. The van der Waals surface area contributed by atoms with Gasteiger partial charge in [-0.15, -0.1) is 24.8 Å². The first-order valence-corrected chi connectivity index (χ1v) is 6.58. The van der Waals surface area contributed by atoms with E-state index in [2.05, 4.69) is 17.1 Å². The number of hydrogen-bond acceptors (Lipinski definition) is 4. The van der Waals surface area contributed by atoms with Crippen molar-refractivity contribution in [3.8, 4) is 11.5 Å². The predicted octanol–water partition coefficient (Wildman–Crippen LogP) is 2.60. The first kappa shape index (κ1) is 19.3. The number of aromatic hydroxyl groups is 1. The quantitative estimate of drug-likeness (QED) is 0.894. The fraction of sp³-hybridized carbons (Fsp3) is 0.571. The Morgan fingerprint density at radius 1 is 1.30 bits per heavy atom. The Balaban J connectivity index is 0.00000180. The molecule has 0 bridgehead atoms. The average molecular weight is 323 g/mol. The Labute approximate surface area is 133 Å². The van der Waals surface area contributed by atoms with E-state index in [0.717, 1.165) is 43.9 Å². The molecule has 0 aromatic heterocycles. The van der Waals surface area contributed by atoms with Crippen LogP contribution in [0, 0.1) is 0 Å². The molecule has 1 aliphatic rings. The zero-order valence-electron chi connectivity index (χ0n) is 12.0. The van der Waals surface area contributed by atoms with Crippen molar-refractivity contribution in [2.24, 2.45) is 0 Å². The Kier molecular flexibility index (Phi) is 8.98. The SMILES string of the molecule is CC[C@@H](c1c(O)cccc1OC)N1CCNCC1.Cl.Cl. The zero-order chi connectivity index (χ0) is 13.0. The van der Waals surface area contributed by atoms with Gasteiger partial charge in [-0.3, -0.25) is 4.90 Å². The van der Waals surface area contributed by atoms with Gasteiger partial charge in [-0.05, 0) is 18.6 Å².